The van der Waals surface area contributed by atoms with Crippen molar-refractivity contribution in [2.75, 3.05) is 24.8 Å². The van der Waals surface area contributed by atoms with E-state index in [0.29, 0.717) is 17.9 Å². The third kappa shape index (κ3) is 3.67. The summed E-state index contributed by atoms with van der Waals surface area (Å²) in [5.74, 6) is 0.617. The molecule has 1 aliphatic rings. The highest BCUT2D eigenvalue weighted by molar-refractivity contribution is 5.84. The lowest BCUT2D eigenvalue weighted by Crippen LogP contribution is -2.39. The van der Waals surface area contributed by atoms with Crippen LogP contribution in [0.15, 0.2) is 0 Å². The van der Waals surface area contributed by atoms with E-state index < -0.39 is 6.04 Å². The molecule has 0 saturated heterocycles. The van der Waals surface area contributed by atoms with Crippen molar-refractivity contribution in [1.29, 1.82) is 0 Å². The molecule has 8 nitrogen and oxygen atoms in total. The fraction of sp³-hybridized carbons (Fsp3) is 0.636. The third-order valence-electron chi connectivity index (χ3n) is 2.68. The fourth-order valence-corrected chi connectivity index (χ4v) is 1.44. The lowest BCUT2D eigenvalue weighted by molar-refractivity contribution is -0.121. The SMILES string of the molecule is CNc1nc(NC(C)C(=O)NC2CC2)nc(OC)n1. The third-order valence-corrected chi connectivity index (χ3v) is 2.68. The van der Waals surface area contributed by atoms with Crippen LogP contribution in [0.2, 0.25) is 0 Å². The Bertz CT molecular complexity index is 440. The lowest BCUT2D eigenvalue weighted by Gasteiger charge is -2.14. The van der Waals surface area contributed by atoms with Gasteiger partial charge in [-0.15, -0.1) is 0 Å². The summed E-state index contributed by atoms with van der Waals surface area (Å²) in [5, 5.41) is 8.65. The number of methoxy groups -OCH3 is 1. The van der Waals surface area contributed by atoms with Gasteiger partial charge in [-0.05, 0) is 19.8 Å². The smallest absolute Gasteiger partial charge is 0.322 e. The van der Waals surface area contributed by atoms with Gasteiger partial charge in [0.25, 0.3) is 0 Å². The molecule has 0 spiro atoms. The maximum Gasteiger partial charge on any atom is 0.322 e. The number of rotatable bonds is 6. The zero-order chi connectivity index (χ0) is 13.8. The predicted molar refractivity (Wildman–Crippen MR) is 70.2 cm³/mol. The number of carbonyl (C=O) groups is 1. The Morgan fingerprint density at radius 2 is 2.00 bits per heavy atom. The van der Waals surface area contributed by atoms with Gasteiger partial charge in [-0.25, -0.2) is 0 Å². The van der Waals surface area contributed by atoms with E-state index in [1.54, 1.807) is 14.0 Å². The first-order valence-electron chi connectivity index (χ1n) is 6.17. The topological polar surface area (TPSA) is 101 Å². The van der Waals surface area contributed by atoms with E-state index in [1.165, 1.54) is 7.11 Å². The maximum atomic E-state index is 11.8. The van der Waals surface area contributed by atoms with Crippen molar-refractivity contribution in [3.8, 4) is 6.01 Å². The number of nitrogens with one attached hydrogen (secondary N) is 3. The van der Waals surface area contributed by atoms with Crippen molar-refractivity contribution in [3.05, 3.63) is 0 Å². The summed E-state index contributed by atoms with van der Waals surface area (Å²) in [5.41, 5.74) is 0. The summed E-state index contributed by atoms with van der Waals surface area (Å²) in [4.78, 5) is 24.0. The second-order valence-corrected chi connectivity index (χ2v) is 4.37. The monoisotopic (exact) mass is 266 g/mol. The first kappa shape index (κ1) is 13.3. The molecule has 1 aliphatic carbocycles. The molecule has 19 heavy (non-hydrogen) atoms. The molecule has 0 radical (unpaired) electrons. The van der Waals surface area contributed by atoms with Crippen molar-refractivity contribution in [2.24, 2.45) is 0 Å². The number of aromatic nitrogens is 3. The Hall–Kier alpha value is -2.12. The number of ether oxygens (including phenoxy) is 1. The quantitative estimate of drug-likeness (QED) is 0.666. The minimum atomic E-state index is -0.419. The van der Waals surface area contributed by atoms with Gasteiger partial charge in [0.1, 0.15) is 6.04 Å². The van der Waals surface area contributed by atoms with Gasteiger partial charge in [-0.1, -0.05) is 0 Å². The molecule has 1 fully saturated rings. The molecule has 1 aromatic rings. The summed E-state index contributed by atoms with van der Waals surface area (Å²) in [7, 11) is 3.17. The van der Waals surface area contributed by atoms with Gasteiger partial charge < -0.3 is 20.7 Å². The largest absolute Gasteiger partial charge is 0.467 e. The van der Waals surface area contributed by atoms with Crippen LogP contribution in [-0.2, 0) is 4.79 Å². The van der Waals surface area contributed by atoms with Gasteiger partial charge in [0.2, 0.25) is 17.8 Å². The van der Waals surface area contributed by atoms with Crippen LogP contribution >= 0.6 is 0 Å². The van der Waals surface area contributed by atoms with Crippen LogP contribution in [0.4, 0.5) is 11.9 Å². The van der Waals surface area contributed by atoms with E-state index in [9.17, 15) is 4.79 Å². The number of nitrogens with zero attached hydrogens (tertiary/aromatic N) is 3. The van der Waals surface area contributed by atoms with E-state index in [0.717, 1.165) is 12.8 Å². The van der Waals surface area contributed by atoms with Crippen LogP contribution in [0.3, 0.4) is 0 Å². The standard InChI is InChI=1S/C11H18N6O2/c1-6(8(18)14-7-4-5-7)13-10-15-9(12-2)16-11(17-10)19-3/h6-7H,4-5H2,1-3H3,(H,14,18)(H2,12,13,15,16,17). The molecule has 8 heteroatoms. The Balaban J connectivity index is 2.01. The van der Waals surface area contributed by atoms with Crippen LogP contribution < -0.4 is 20.7 Å². The van der Waals surface area contributed by atoms with Gasteiger partial charge in [0.05, 0.1) is 7.11 Å². The highest BCUT2D eigenvalue weighted by Crippen LogP contribution is 2.19. The van der Waals surface area contributed by atoms with E-state index in [-0.39, 0.29) is 11.9 Å². The molecule has 0 aromatic carbocycles. The normalized spacial score (nSPS) is 15.5. The molecule has 1 atom stereocenters. The Labute approximate surface area is 111 Å². The van der Waals surface area contributed by atoms with Crippen LogP contribution in [0.5, 0.6) is 6.01 Å². The number of carbonyl (C=O) groups excluding carboxylic acids is 1. The molecule has 1 aromatic heterocycles. The fourth-order valence-electron chi connectivity index (χ4n) is 1.44. The van der Waals surface area contributed by atoms with Crippen LogP contribution in [-0.4, -0.2) is 47.1 Å². The van der Waals surface area contributed by atoms with Gasteiger partial charge in [0.15, 0.2) is 0 Å². The first-order chi connectivity index (χ1) is 9.12. The average molecular weight is 266 g/mol. The van der Waals surface area contributed by atoms with E-state index in [2.05, 4.69) is 30.9 Å². The highest BCUT2D eigenvalue weighted by Gasteiger charge is 2.25. The minimum Gasteiger partial charge on any atom is -0.467 e. The second-order valence-electron chi connectivity index (χ2n) is 4.37. The van der Waals surface area contributed by atoms with Gasteiger partial charge in [-0.3, -0.25) is 4.79 Å². The van der Waals surface area contributed by atoms with Gasteiger partial charge >= 0.3 is 6.01 Å². The molecule has 1 saturated carbocycles. The molecule has 104 valence electrons. The summed E-state index contributed by atoms with van der Waals surface area (Å²) in [6, 6.07) is 0.103. The van der Waals surface area contributed by atoms with E-state index in [4.69, 9.17) is 4.74 Å². The molecular formula is C11H18N6O2. The van der Waals surface area contributed by atoms with Gasteiger partial charge in [-0.2, -0.15) is 15.0 Å². The zero-order valence-electron chi connectivity index (χ0n) is 11.2. The van der Waals surface area contributed by atoms with Crippen molar-refractivity contribution in [1.82, 2.24) is 20.3 Å². The van der Waals surface area contributed by atoms with E-state index >= 15 is 0 Å². The molecule has 3 N–H and O–H groups in total. The Morgan fingerprint density at radius 3 is 2.58 bits per heavy atom. The lowest BCUT2D eigenvalue weighted by atomic mass is 10.3. The molecule has 0 bridgehead atoms. The second kappa shape index (κ2) is 5.68. The summed E-state index contributed by atoms with van der Waals surface area (Å²) < 4.78 is 4.97. The summed E-state index contributed by atoms with van der Waals surface area (Å²) in [6.45, 7) is 1.76. The molecule has 2 rings (SSSR count). The molecule has 1 amide bonds. The Kier molecular flexibility index (Phi) is 3.98. The molecule has 0 aliphatic heterocycles. The van der Waals surface area contributed by atoms with Crippen molar-refractivity contribution >= 4 is 17.8 Å². The average Bonchev–Trinajstić information content (AvgIpc) is 3.21. The minimum absolute atomic E-state index is 0.0621. The Morgan fingerprint density at radius 1 is 1.32 bits per heavy atom. The van der Waals surface area contributed by atoms with E-state index in [1.807, 2.05) is 0 Å². The molecule has 1 unspecified atom stereocenters. The van der Waals surface area contributed by atoms with Gasteiger partial charge in [0, 0.05) is 13.1 Å². The number of hydrogen-bond acceptors (Lipinski definition) is 7. The van der Waals surface area contributed by atoms with Crippen LogP contribution in [0.25, 0.3) is 0 Å². The van der Waals surface area contributed by atoms with Crippen molar-refractivity contribution in [2.45, 2.75) is 31.8 Å². The predicted octanol–water partition coefficient (Wildman–Crippen LogP) is 0.000900. The van der Waals surface area contributed by atoms with Crippen LogP contribution in [0.1, 0.15) is 19.8 Å². The van der Waals surface area contributed by atoms with Crippen molar-refractivity contribution in [3.63, 3.8) is 0 Å². The first-order valence-corrected chi connectivity index (χ1v) is 6.17. The number of anilines is 2. The number of hydrogen-bond donors (Lipinski definition) is 3. The summed E-state index contributed by atoms with van der Waals surface area (Å²) in [6.07, 6.45) is 2.11. The highest BCUT2D eigenvalue weighted by atomic mass is 16.5. The van der Waals surface area contributed by atoms with Crippen molar-refractivity contribution < 1.29 is 9.53 Å². The maximum absolute atomic E-state index is 11.8. The molecule has 1 heterocycles. The number of amides is 1. The zero-order valence-corrected chi connectivity index (χ0v) is 11.2. The molecular weight excluding hydrogens is 248 g/mol. The summed E-state index contributed by atoms with van der Waals surface area (Å²) >= 11 is 0. The van der Waals surface area contributed by atoms with Crippen LogP contribution in [0, 0.1) is 0 Å².